The van der Waals surface area contributed by atoms with E-state index in [1.54, 1.807) is 70.5 Å². The van der Waals surface area contributed by atoms with Crippen LogP contribution in [0.5, 0.6) is 0 Å². The number of halogens is 6. The van der Waals surface area contributed by atoms with Crippen LogP contribution in [0.1, 0.15) is 5.56 Å². The van der Waals surface area contributed by atoms with Gasteiger partial charge in [-0.25, -0.2) is 31.2 Å². The van der Waals surface area contributed by atoms with E-state index < -0.39 is 34.9 Å². The first-order chi connectivity index (χ1) is 31.1. The van der Waals surface area contributed by atoms with Gasteiger partial charge in [0.15, 0.2) is 17.3 Å². The van der Waals surface area contributed by atoms with E-state index in [0.29, 0.717) is 44.8 Å². The molecule has 0 saturated heterocycles. The molecule has 0 atom stereocenters. The first kappa shape index (κ1) is 39.5. The molecule has 0 aliphatic rings. The smallest absolute Gasteiger partial charge is 0.187 e. The van der Waals surface area contributed by atoms with Crippen molar-refractivity contribution in [3.63, 3.8) is 0 Å². The van der Waals surface area contributed by atoms with E-state index in [4.69, 9.17) is 6.57 Å². The van der Waals surface area contributed by atoms with Crippen LogP contribution in [0, 0.1) is 52.8 Å². The van der Waals surface area contributed by atoms with E-state index in [-0.39, 0.29) is 33.6 Å². The van der Waals surface area contributed by atoms with Crippen LogP contribution in [-0.4, -0.2) is 0 Å². The number of benzene rings is 10. The van der Waals surface area contributed by atoms with Gasteiger partial charge in [-0.05, 0) is 118 Å². The Morgan fingerprint density at radius 1 is 0.453 bits per heavy atom. The Bertz CT molecular complexity index is 3320. The maximum Gasteiger partial charge on any atom is 0.187 e. The minimum absolute atomic E-state index is 0.0676. The predicted octanol–water partition coefficient (Wildman–Crippen LogP) is 16.1. The molecule has 64 heavy (non-hydrogen) atoms. The summed E-state index contributed by atoms with van der Waals surface area (Å²) in [5.74, 6) is -4.78. The van der Waals surface area contributed by atoms with Crippen LogP contribution in [0.2, 0.25) is 0 Å². The fraction of sp³-hybridized carbons (Fsp3) is 0. The number of rotatable bonds is 8. The van der Waals surface area contributed by atoms with E-state index in [1.807, 2.05) is 48.5 Å². The maximum absolute atomic E-state index is 16.7. The Balaban J connectivity index is 1.27. The van der Waals surface area contributed by atoms with Crippen molar-refractivity contribution >= 4 is 72.1 Å². The summed E-state index contributed by atoms with van der Waals surface area (Å²) in [6.07, 6.45) is 0. The van der Waals surface area contributed by atoms with Crippen LogP contribution in [-0.2, 0) is 0 Å². The molecule has 0 fully saturated rings. The topological polar surface area (TPSA) is 34.6 Å². The fourth-order valence-electron chi connectivity index (χ4n) is 8.64. The Morgan fingerprint density at radius 2 is 0.891 bits per heavy atom. The second kappa shape index (κ2) is 15.7. The minimum Gasteiger partial charge on any atom is -0.307 e. The second-order valence-corrected chi connectivity index (χ2v) is 15.1. The van der Waals surface area contributed by atoms with Crippen LogP contribution in [0.4, 0.5) is 66.2 Å². The molecule has 0 bridgehead atoms. The molecule has 0 aromatic heterocycles. The standard InChI is InChI=1S/C54H28F6N4/c1-62-40-14-18-42(19-15-40)64(54-46(27-39(58)29-48(54)60)35-5-3-7-37(56)25-35)50-23-13-33-10-20-43-49(22-12-32-11-21-44(50)52(33)51(32)43)63(41-16-8-31(30-61)9-17-41)53-45(26-38(57)28-47(53)59)34-4-2-6-36(55)24-34/h2-29H. The molecule has 10 aromatic carbocycles. The monoisotopic (exact) mass is 846 g/mol. The largest absolute Gasteiger partial charge is 0.307 e. The zero-order valence-electron chi connectivity index (χ0n) is 33.2. The third-order valence-corrected chi connectivity index (χ3v) is 11.4. The van der Waals surface area contributed by atoms with Crippen molar-refractivity contribution in [2.75, 3.05) is 9.80 Å². The van der Waals surface area contributed by atoms with Gasteiger partial charge in [-0.15, -0.1) is 0 Å². The zero-order valence-corrected chi connectivity index (χ0v) is 33.2. The third kappa shape index (κ3) is 6.75. The van der Waals surface area contributed by atoms with Crippen molar-refractivity contribution in [3.05, 3.63) is 222 Å². The van der Waals surface area contributed by atoms with Gasteiger partial charge in [-0.3, -0.25) is 0 Å². The molecule has 0 aliphatic heterocycles. The van der Waals surface area contributed by atoms with E-state index in [9.17, 15) is 14.0 Å². The van der Waals surface area contributed by atoms with Crippen molar-refractivity contribution in [1.29, 1.82) is 5.26 Å². The molecule has 0 heterocycles. The summed E-state index contributed by atoms with van der Waals surface area (Å²) < 4.78 is 93.3. The molecule has 0 saturated carbocycles. The molecule has 306 valence electrons. The Kier molecular flexibility index (Phi) is 9.70. The number of nitrogens with zero attached hydrogens (tertiary/aromatic N) is 4. The number of hydrogen-bond acceptors (Lipinski definition) is 3. The summed E-state index contributed by atoms with van der Waals surface area (Å²) >= 11 is 0. The number of nitriles is 1. The molecule has 0 spiro atoms. The quantitative estimate of drug-likeness (QED) is 0.0868. The average molecular weight is 847 g/mol. The van der Waals surface area contributed by atoms with E-state index in [1.165, 1.54) is 36.4 Å². The highest BCUT2D eigenvalue weighted by Crippen LogP contribution is 2.51. The summed E-state index contributed by atoms with van der Waals surface area (Å²) in [5.41, 5.74) is 2.93. The van der Waals surface area contributed by atoms with Gasteiger partial charge < -0.3 is 9.80 Å². The fourth-order valence-corrected chi connectivity index (χ4v) is 8.64. The predicted molar refractivity (Wildman–Crippen MR) is 241 cm³/mol. The van der Waals surface area contributed by atoms with Crippen LogP contribution in [0.3, 0.4) is 0 Å². The lowest BCUT2D eigenvalue weighted by atomic mass is 9.91. The number of hydrogen-bond donors (Lipinski definition) is 0. The van der Waals surface area contributed by atoms with Gasteiger partial charge >= 0.3 is 0 Å². The molecule has 0 unspecified atom stereocenters. The van der Waals surface area contributed by atoms with Gasteiger partial charge in [0.05, 0.1) is 41.0 Å². The molecule has 0 aliphatic carbocycles. The first-order valence-corrected chi connectivity index (χ1v) is 19.9. The van der Waals surface area contributed by atoms with E-state index >= 15 is 17.6 Å². The highest BCUT2D eigenvalue weighted by molar-refractivity contribution is 6.28. The zero-order chi connectivity index (χ0) is 44.2. The molecule has 10 aromatic rings. The molecule has 0 radical (unpaired) electrons. The van der Waals surface area contributed by atoms with Gasteiger partial charge in [0.1, 0.15) is 23.3 Å². The van der Waals surface area contributed by atoms with Crippen molar-refractivity contribution in [2.45, 2.75) is 0 Å². The lowest BCUT2D eigenvalue weighted by Crippen LogP contribution is -2.15. The van der Waals surface area contributed by atoms with Crippen molar-refractivity contribution < 1.29 is 26.3 Å². The summed E-state index contributed by atoms with van der Waals surface area (Å²) in [6, 6.07) is 44.8. The maximum atomic E-state index is 16.7. The average Bonchev–Trinajstić information content (AvgIpc) is 3.30. The minimum atomic E-state index is -0.924. The first-order valence-electron chi connectivity index (χ1n) is 19.9. The van der Waals surface area contributed by atoms with Crippen molar-refractivity contribution in [3.8, 4) is 28.3 Å². The van der Waals surface area contributed by atoms with E-state index in [2.05, 4.69) is 10.9 Å². The highest BCUT2D eigenvalue weighted by Gasteiger charge is 2.28. The molecular weight excluding hydrogens is 819 g/mol. The summed E-state index contributed by atoms with van der Waals surface area (Å²) in [5, 5.41) is 14.0. The van der Waals surface area contributed by atoms with Gasteiger partial charge in [0.2, 0.25) is 0 Å². The molecular formula is C54H28F6N4. The molecule has 0 N–H and O–H groups in total. The summed E-state index contributed by atoms with van der Waals surface area (Å²) in [7, 11) is 0. The molecule has 0 amide bonds. The summed E-state index contributed by atoms with van der Waals surface area (Å²) in [4.78, 5) is 6.77. The lowest BCUT2D eigenvalue weighted by molar-refractivity contribution is 0.584. The van der Waals surface area contributed by atoms with Gasteiger partial charge in [0.25, 0.3) is 0 Å². The van der Waals surface area contributed by atoms with Crippen molar-refractivity contribution in [2.24, 2.45) is 0 Å². The third-order valence-electron chi connectivity index (χ3n) is 11.4. The number of anilines is 6. The van der Waals surface area contributed by atoms with Crippen LogP contribution < -0.4 is 9.80 Å². The van der Waals surface area contributed by atoms with Gasteiger partial charge in [-0.1, -0.05) is 72.8 Å². The van der Waals surface area contributed by atoms with Crippen LogP contribution in [0.25, 0.3) is 59.4 Å². The Labute approximate surface area is 362 Å². The molecule has 10 heteroatoms. The van der Waals surface area contributed by atoms with Crippen LogP contribution in [0.15, 0.2) is 170 Å². The normalized spacial score (nSPS) is 11.2. The SMILES string of the molecule is [C-]#[N+]c1ccc(N(c2c(F)cc(F)cc2-c2cccc(F)c2)c2ccc3ccc4c(N(c5ccc(C#N)cc5)c5c(F)cc(F)cc5-c5cccc(F)c5)ccc5ccc2c3c54)cc1. The van der Waals surface area contributed by atoms with Gasteiger partial charge in [0, 0.05) is 45.4 Å². The molecule has 10 rings (SSSR count). The molecule has 4 nitrogen and oxygen atoms in total. The van der Waals surface area contributed by atoms with E-state index in [0.717, 1.165) is 45.8 Å². The highest BCUT2D eigenvalue weighted by atomic mass is 19.2. The lowest BCUT2D eigenvalue weighted by Gasteiger charge is -2.31. The Hall–Kier alpha value is -8.60. The summed E-state index contributed by atoms with van der Waals surface area (Å²) in [6.45, 7) is 7.57. The van der Waals surface area contributed by atoms with Crippen molar-refractivity contribution in [1.82, 2.24) is 0 Å². The van der Waals surface area contributed by atoms with Crippen LogP contribution >= 0.6 is 0 Å². The Morgan fingerprint density at radius 3 is 1.31 bits per heavy atom. The second-order valence-electron chi connectivity index (χ2n) is 15.1. The van der Waals surface area contributed by atoms with Gasteiger partial charge in [-0.2, -0.15) is 5.26 Å².